The van der Waals surface area contributed by atoms with Crippen LogP contribution in [0.2, 0.25) is 0 Å². The van der Waals surface area contributed by atoms with Gasteiger partial charge in [-0.1, -0.05) is 5.46 Å². The quantitative estimate of drug-likeness (QED) is 0.493. The molecule has 0 N–H and O–H groups in total. The number of hydrogen-bond donors (Lipinski definition) is 0. The van der Waals surface area contributed by atoms with Crippen molar-refractivity contribution < 1.29 is 8.42 Å². The Kier molecular flexibility index (Phi) is 2.00. The van der Waals surface area contributed by atoms with Gasteiger partial charge in [-0.15, -0.1) is 0 Å². The highest BCUT2D eigenvalue weighted by Gasteiger charge is 2.05. The first kappa shape index (κ1) is 8.26. The third-order valence-electron chi connectivity index (χ3n) is 1.28. The molecule has 3 nitrogen and oxygen atoms in total. The Balaban J connectivity index is 3.28. The number of rotatable bonds is 1. The molecule has 0 spiro atoms. The maximum absolute atomic E-state index is 10.9. The molecule has 0 aliphatic heterocycles. The number of aromatic nitrogens is 1. The van der Waals surface area contributed by atoms with Crippen LogP contribution in [0.4, 0.5) is 0 Å². The molecule has 1 heterocycles. The van der Waals surface area contributed by atoms with Crippen molar-refractivity contribution in [1.82, 2.24) is 4.98 Å². The van der Waals surface area contributed by atoms with Gasteiger partial charge in [-0.25, -0.2) is 8.42 Å². The summed E-state index contributed by atoms with van der Waals surface area (Å²) in [5.74, 6) is 0. The molecule has 1 aromatic rings. The number of nitrogens with zero attached hydrogens (tertiary/aromatic N) is 1. The Labute approximate surface area is 66.8 Å². The summed E-state index contributed by atoms with van der Waals surface area (Å²) in [5.41, 5.74) is 0.855. The molecule has 0 unspecified atom stereocenters. The third-order valence-corrected chi connectivity index (χ3v) is 2.36. The second-order valence-corrected chi connectivity index (χ2v) is 4.49. The van der Waals surface area contributed by atoms with Crippen molar-refractivity contribution in [1.29, 1.82) is 0 Å². The molecule has 0 saturated carbocycles. The molecule has 0 aliphatic carbocycles. The summed E-state index contributed by atoms with van der Waals surface area (Å²) in [6, 6.07) is 1.60. The van der Waals surface area contributed by atoms with Crippen LogP contribution in [0.15, 0.2) is 23.4 Å². The third kappa shape index (κ3) is 2.05. The van der Waals surface area contributed by atoms with Crippen LogP contribution in [0.1, 0.15) is 0 Å². The maximum atomic E-state index is 10.9. The van der Waals surface area contributed by atoms with Gasteiger partial charge in [0.05, 0.1) is 4.90 Å². The van der Waals surface area contributed by atoms with E-state index in [1.54, 1.807) is 12.3 Å². The van der Waals surface area contributed by atoms with Gasteiger partial charge in [-0.2, -0.15) is 0 Å². The summed E-state index contributed by atoms with van der Waals surface area (Å²) in [6.45, 7) is 0. The van der Waals surface area contributed by atoms with Gasteiger partial charge in [0.25, 0.3) is 0 Å². The van der Waals surface area contributed by atoms with E-state index in [0.717, 1.165) is 5.46 Å². The smallest absolute Gasteiger partial charge is 0.177 e. The lowest BCUT2D eigenvalue weighted by atomic mass is 9.99. The topological polar surface area (TPSA) is 47.0 Å². The molecule has 0 radical (unpaired) electrons. The van der Waals surface area contributed by atoms with Crippen LogP contribution in [0, 0.1) is 0 Å². The van der Waals surface area contributed by atoms with Crippen molar-refractivity contribution in [3.8, 4) is 0 Å². The van der Waals surface area contributed by atoms with Gasteiger partial charge < -0.3 is 0 Å². The monoisotopic (exact) mass is 169 g/mol. The van der Waals surface area contributed by atoms with Crippen LogP contribution in [-0.4, -0.2) is 27.5 Å². The van der Waals surface area contributed by atoms with Crippen molar-refractivity contribution in [2.45, 2.75) is 4.90 Å². The largest absolute Gasteiger partial charge is 0.264 e. The molecule has 1 rings (SSSR count). The van der Waals surface area contributed by atoms with Crippen molar-refractivity contribution in [2.24, 2.45) is 0 Å². The molecule has 0 aromatic carbocycles. The minimum Gasteiger partial charge on any atom is -0.264 e. The second kappa shape index (κ2) is 2.66. The van der Waals surface area contributed by atoms with E-state index in [0.29, 0.717) is 0 Å². The first-order chi connectivity index (χ1) is 5.00. The molecule has 0 aliphatic rings. The Hall–Kier alpha value is -0.835. The first-order valence-electron chi connectivity index (χ1n) is 3.12. The zero-order valence-corrected chi connectivity index (χ0v) is 7.22. The fourth-order valence-corrected chi connectivity index (χ4v) is 1.38. The van der Waals surface area contributed by atoms with E-state index in [1.807, 2.05) is 7.85 Å². The number of pyridine rings is 1. The standard InChI is InChI=1S/C6H8BNO2S/c1-11(9,10)6-2-5(7)3-8-4-6/h2-4H,7H2,1H3. The van der Waals surface area contributed by atoms with Crippen LogP contribution in [0.5, 0.6) is 0 Å². The Morgan fingerprint density at radius 2 is 2.09 bits per heavy atom. The highest BCUT2D eigenvalue weighted by molar-refractivity contribution is 7.90. The fraction of sp³-hybridized carbons (Fsp3) is 0.167. The lowest BCUT2D eigenvalue weighted by molar-refractivity contribution is 0.601. The fourth-order valence-electron chi connectivity index (χ4n) is 0.730. The van der Waals surface area contributed by atoms with E-state index >= 15 is 0 Å². The maximum Gasteiger partial charge on any atom is 0.177 e. The van der Waals surface area contributed by atoms with Gasteiger partial charge in [-0.05, 0) is 6.07 Å². The van der Waals surface area contributed by atoms with E-state index in [-0.39, 0.29) is 4.90 Å². The highest BCUT2D eigenvalue weighted by atomic mass is 32.2. The molecule has 58 valence electrons. The van der Waals surface area contributed by atoms with Crippen LogP contribution < -0.4 is 5.46 Å². The van der Waals surface area contributed by atoms with Crippen molar-refractivity contribution in [2.75, 3.05) is 6.26 Å². The van der Waals surface area contributed by atoms with Crippen LogP contribution in [0.3, 0.4) is 0 Å². The SMILES string of the molecule is Bc1cncc(S(C)(=O)=O)c1. The average Bonchev–Trinajstić information content (AvgIpc) is 1.86. The molecule has 11 heavy (non-hydrogen) atoms. The second-order valence-electron chi connectivity index (χ2n) is 2.47. The van der Waals surface area contributed by atoms with Gasteiger partial charge in [0.2, 0.25) is 0 Å². The molecule has 0 bridgehead atoms. The van der Waals surface area contributed by atoms with Gasteiger partial charge >= 0.3 is 0 Å². The summed E-state index contributed by atoms with van der Waals surface area (Å²) in [5, 5.41) is 0. The predicted molar refractivity (Wildman–Crippen MR) is 45.5 cm³/mol. The molecule has 0 atom stereocenters. The lowest BCUT2D eigenvalue weighted by Gasteiger charge is -1.96. The molecule has 1 aromatic heterocycles. The van der Waals surface area contributed by atoms with E-state index in [4.69, 9.17) is 0 Å². The molecular formula is C6H8BNO2S. The summed E-state index contributed by atoms with van der Waals surface area (Å²) in [6.07, 6.45) is 4.14. The normalized spacial score (nSPS) is 11.4. The zero-order chi connectivity index (χ0) is 8.48. The minimum atomic E-state index is -3.09. The molecule has 5 heteroatoms. The van der Waals surface area contributed by atoms with E-state index < -0.39 is 9.84 Å². The Bertz CT molecular complexity index is 361. The van der Waals surface area contributed by atoms with Crippen molar-refractivity contribution in [3.05, 3.63) is 18.5 Å². The van der Waals surface area contributed by atoms with Crippen LogP contribution >= 0.6 is 0 Å². The zero-order valence-electron chi connectivity index (χ0n) is 6.40. The van der Waals surface area contributed by atoms with E-state index in [2.05, 4.69) is 4.98 Å². The average molecular weight is 169 g/mol. The highest BCUT2D eigenvalue weighted by Crippen LogP contribution is 2.02. The number of hydrogen-bond acceptors (Lipinski definition) is 3. The van der Waals surface area contributed by atoms with Crippen LogP contribution in [-0.2, 0) is 9.84 Å². The minimum absolute atomic E-state index is 0.275. The van der Waals surface area contributed by atoms with E-state index in [1.165, 1.54) is 12.5 Å². The molecule has 0 fully saturated rings. The lowest BCUT2D eigenvalue weighted by Crippen LogP contribution is -2.07. The van der Waals surface area contributed by atoms with Gasteiger partial charge in [0.15, 0.2) is 9.84 Å². The molecule has 0 saturated heterocycles. The summed E-state index contributed by atoms with van der Waals surface area (Å²) >= 11 is 0. The number of sulfone groups is 1. The van der Waals surface area contributed by atoms with E-state index in [9.17, 15) is 8.42 Å². The first-order valence-corrected chi connectivity index (χ1v) is 5.01. The van der Waals surface area contributed by atoms with Crippen molar-refractivity contribution in [3.63, 3.8) is 0 Å². The van der Waals surface area contributed by atoms with Crippen LogP contribution in [0.25, 0.3) is 0 Å². The summed E-state index contributed by atoms with van der Waals surface area (Å²) < 4.78 is 21.9. The predicted octanol–water partition coefficient (Wildman–Crippen LogP) is -1.26. The molecular weight excluding hydrogens is 161 g/mol. The Morgan fingerprint density at radius 1 is 1.45 bits per heavy atom. The van der Waals surface area contributed by atoms with Gasteiger partial charge in [0, 0.05) is 18.6 Å². The Morgan fingerprint density at radius 3 is 2.45 bits per heavy atom. The van der Waals surface area contributed by atoms with Gasteiger partial charge in [-0.3, -0.25) is 4.98 Å². The van der Waals surface area contributed by atoms with Gasteiger partial charge in [0.1, 0.15) is 7.85 Å². The molecule has 0 amide bonds. The summed E-state index contributed by atoms with van der Waals surface area (Å²) in [7, 11) is -1.28. The van der Waals surface area contributed by atoms with Crippen molar-refractivity contribution >= 4 is 23.1 Å². The summed E-state index contributed by atoms with van der Waals surface area (Å²) in [4.78, 5) is 4.05.